The molecule has 0 aromatic carbocycles. The molecule has 0 aliphatic heterocycles. The average Bonchev–Trinajstić information content (AvgIpc) is 2.13. The van der Waals surface area contributed by atoms with E-state index in [1.807, 2.05) is 13.8 Å². The molecule has 0 spiro atoms. The third kappa shape index (κ3) is 7.77. The Balaban J connectivity index is 3.99. The zero-order chi connectivity index (χ0) is 11.7. The highest BCUT2D eigenvalue weighted by molar-refractivity contribution is 6.66. The van der Waals surface area contributed by atoms with Crippen LogP contribution < -0.4 is 0 Å². The van der Waals surface area contributed by atoms with Gasteiger partial charge in [-0.15, -0.1) is 0 Å². The first kappa shape index (κ1) is 14.9. The minimum Gasteiger partial charge on any atom is -0.394 e. The van der Waals surface area contributed by atoms with Crippen LogP contribution in [0.25, 0.3) is 0 Å². The van der Waals surface area contributed by atoms with Gasteiger partial charge in [0.25, 0.3) is 0 Å². The van der Waals surface area contributed by atoms with Gasteiger partial charge in [0.15, 0.2) is 0 Å². The van der Waals surface area contributed by atoms with Gasteiger partial charge in [0, 0.05) is 19.3 Å². The Morgan fingerprint density at radius 1 is 1.07 bits per heavy atom. The SMILES string of the molecule is CCO[Si](C)(CC=CCC(C)C)OCC. The maximum Gasteiger partial charge on any atom is 0.338 e. The van der Waals surface area contributed by atoms with Crippen molar-refractivity contribution in [2.24, 2.45) is 5.92 Å². The van der Waals surface area contributed by atoms with Crippen molar-refractivity contribution in [1.29, 1.82) is 0 Å². The monoisotopic (exact) mass is 230 g/mol. The fourth-order valence-corrected chi connectivity index (χ4v) is 3.57. The zero-order valence-electron chi connectivity index (χ0n) is 10.9. The van der Waals surface area contributed by atoms with Crippen LogP contribution in [0.1, 0.15) is 34.1 Å². The molecule has 0 radical (unpaired) electrons. The van der Waals surface area contributed by atoms with E-state index in [0.717, 1.165) is 31.6 Å². The standard InChI is InChI=1S/C12H26O2Si/c1-6-13-15(5,14-7-2)11-9-8-10-12(3)4/h8-9,12H,6-7,10-11H2,1-5H3. The summed E-state index contributed by atoms with van der Waals surface area (Å²) in [5, 5.41) is 0. The van der Waals surface area contributed by atoms with Gasteiger partial charge >= 0.3 is 8.56 Å². The fraction of sp³-hybridized carbons (Fsp3) is 0.833. The topological polar surface area (TPSA) is 18.5 Å². The molecule has 0 unspecified atom stereocenters. The van der Waals surface area contributed by atoms with Crippen LogP contribution in [0.4, 0.5) is 0 Å². The molecule has 90 valence electrons. The summed E-state index contributed by atoms with van der Waals surface area (Å²) in [6.07, 6.45) is 5.61. The summed E-state index contributed by atoms with van der Waals surface area (Å²) in [6, 6.07) is 0.960. The number of hydrogen-bond donors (Lipinski definition) is 0. The van der Waals surface area contributed by atoms with E-state index in [9.17, 15) is 0 Å². The number of hydrogen-bond acceptors (Lipinski definition) is 2. The second kappa shape index (κ2) is 8.08. The van der Waals surface area contributed by atoms with Crippen molar-refractivity contribution in [2.45, 2.75) is 46.7 Å². The van der Waals surface area contributed by atoms with Gasteiger partial charge in [0.2, 0.25) is 0 Å². The molecule has 0 aliphatic carbocycles. The zero-order valence-corrected chi connectivity index (χ0v) is 11.9. The van der Waals surface area contributed by atoms with Crippen LogP contribution in [0, 0.1) is 5.92 Å². The van der Waals surface area contributed by atoms with Crippen LogP contribution in [-0.4, -0.2) is 21.8 Å². The van der Waals surface area contributed by atoms with Crippen LogP contribution >= 0.6 is 0 Å². The maximum absolute atomic E-state index is 5.74. The average molecular weight is 230 g/mol. The molecule has 0 saturated carbocycles. The Kier molecular flexibility index (Phi) is 8.01. The van der Waals surface area contributed by atoms with Gasteiger partial charge in [-0.2, -0.15) is 0 Å². The van der Waals surface area contributed by atoms with E-state index in [1.54, 1.807) is 0 Å². The minimum atomic E-state index is -1.91. The van der Waals surface area contributed by atoms with Gasteiger partial charge in [-0.1, -0.05) is 26.0 Å². The molecule has 0 rings (SSSR count). The molecule has 0 fully saturated rings. The van der Waals surface area contributed by atoms with Gasteiger partial charge < -0.3 is 8.85 Å². The van der Waals surface area contributed by atoms with Crippen LogP contribution in [-0.2, 0) is 8.85 Å². The van der Waals surface area contributed by atoms with E-state index in [4.69, 9.17) is 8.85 Å². The summed E-state index contributed by atoms with van der Waals surface area (Å²) in [5.74, 6) is 0.730. The third-order valence-electron chi connectivity index (χ3n) is 2.16. The van der Waals surface area contributed by atoms with Crippen LogP contribution in [0.15, 0.2) is 12.2 Å². The van der Waals surface area contributed by atoms with Crippen molar-refractivity contribution >= 4 is 8.56 Å². The first-order chi connectivity index (χ1) is 7.04. The summed E-state index contributed by atoms with van der Waals surface area (Å²) < 4.78 is 11.5. The lowest BCUT2D eigenvalue weighted by atomic mass is 10.1. The van der Waals surface area contributed by atoms with Gasteiger partial charge in [0.1, 0.15) is 0 Å². The summed E-state index contributed by atoms with van der Waals surface area (Å²) in [5.41, 5.74) is 0. The van der Waals surface area contributed by atoms with E-state index >= 15 is 0 Å². The molecular formula is C12H26O2Si. The summed E-state index contributed by atoms with van der Waals surface area (Å²) >= 11 is 0. The minimum absolute atomic E-state index is 0.730. The Hall–Kier alpha value is -0.123. The maximum atomic E-state index is 5.74. The summed E-state index contributed by atoms with van der Waals surface area (Å²) in [7, 11) is -1.91. The van der Waals surface area contributed by atoms with Crippen LogP contribution in [0.3, 0.4) is 0 Å². The molecule has 0 atom stereocenters. The van der Waals surface area contributed by atoms with Crippen molar-refractivity contribution in [3.05, 3.63) is 12.2 Å². The molecule has 0 bridgehead atoms. The predicted octanol–water partition coefficient (Wildman–Crippen LogP) is 3.73. The lowest BCUT2D eigenvalue weighted by Crippen LogP contribution is -2.38. The summed E-state index contributed by atoms with van der Waals surface area (Å²) in [4.78, 5) is 0. The fourth-order valence-electron chi connectivity index (χ4n) is 1.44. The molecule has 0 amide bonds. The molecule has 0 saturated heterocycles. The molecule has 15 heavy (non-hydrogen) atoms. The lowest BCUT2D eigenvalue weighted by molar-refractivity contribution is 0.192. The second-order valence-electron chi connectivity index (χ2n) is 4.30. The third-order valence-corrected chi connectivity index (χ3v) is 4.94. The van der Waals surface area contributed by atoms with Gasteiger partial charge in [-0.25, -0.2) is 0 Å². The highest BCUT2D eigenvalue weighted by atomic mass is 28.4. The Morgan fingerprint density at radius 2 is 1.60 bits per heavy atom. The van der Waals surface area contributed by atoms with Crippen molar-refractivity contribution < 1.29 is 8.85 Å². The highest BCUT2D eigenvalue weighted by Gasteiger charge is 2.28. The number of allylic oxidation sites excluding steroid dienone is 2. The normalized spacial score (nSPS) is 12.9. The summed E-state index contributed by atoms with van der Waals surface area (Å²) in [6.45, 7) is 12.2. The Morgan fingerprint density at radius 3 is 2.00 bits per heavy atom. The van der Waals surface area contributed by atoms with E-state index in [0.29, 0.717) is 0 Å². The molecule has 3 heteroatoms. The largest absolute Gasteiger partial charge is 0.394 e. The lowest BCUT2D eigenvalue weighted by Gasteiger charge is -2.24. The molecule has 2 nitrogen and oxygen atoms in total. The second-order valence-corrected chi connectivity index (χ2v) is 7.56. The van der Waals surface area contributed by atoms with Crippen LogP contribution in [0.2, 0.25) is 12.6 Å². The molecule has 0 aliphatic rings. The molecule has 0 aromatic rings. The van der Waals surface area contributed by atoms with E-state index in [1.165, 1.54) is 0 Å². The van der Waals surface area contributed by atoms with Gasteiger partial charge in [-0.3, -0.25) is 0 Å². The van der Waals surface area contributed by atoms with Crippen molar-refractivity contribution in [3.63, 3.8) is 0 Å². The van der Waals surface area contributed by atoms with E-state index < -0.39 is 8.56 Å². The predicted molar refractivity (Wildman–Crippen MR) is 68.3 cm³/mol. The molecular weight excluding hydrogens is 204 g/mol. The first-order valence-electron chi connectivity index (χ1n) is 5.97. The smallest absolute Gasteiger partial charge is 0.338 e. The van der Waals surface area contributed by atoms with Gasteiger partial charge in [0.05, 0.1) is 0 Å². The van der Waals surface area contributed by atoms with E-state index in [2.05, 4.69) is 32.5 Å². The van der Waals surface area contributed by atoms with Crippen molar-refractivity contribution in [2.75, 3.05) is 13.2 Å². The molecule has 0 N–H and O–H groups in total. The van der Waals surface area contributed by atoms with E-state index in [-0.39, 0.29) is 0 Å². The van der Waals surface area contributed by atoms with Crippen LogP contribution in [0.5, 0.6) is 0 Å². The Labute approximate surface area is 95.9 Å². The molecule has 0 aromatic heterocycles. The Bertz CT molecular complexity index is 172. The highest BCUT2D eigenvalue weighted by Crippen LogP contribution is 2.14. The first-order valence-corrected chi connectivity index (χ1v) is 8.49. The molecule has 0 heterocycles. The van der Waals surface area contributed by atoms with Crippen molar-refractivity contribution in [1.82, 2.24) is 0 Å². The number of rotatable bonds is 8. The van der Waals surface area contributed by atoms with Crippen molar-refractivity contribution in [3.8, 4) is 0 Å². The quantitative estimate of drug-likeness (QED) is 0.467. The van der Waals surface area contributed by atoms with Gasteiger partial charge in [-0.05, 0) is 32.7 Å².